The summed E-state index contributed by atoms with van der Waals surface area (Å²) in [6.45, 7) is -0.626. The standard InChI is InChI=1S/C17H15Cl3N2O5S/c1-22(2)28(25,26)11-4-5-13(19)12(8-11)17(24)27-9-16(23)21-15-6-3-10(18)7-14(15)20/h3-8H,9H2,1-2H3,(H,21,23). The number of rotatable bonds is 6. The lowest BCUT2D eigenvalue weighted by molar-refractivity contribution is -0.119. The molecule has 1 amide bonds. The van der Waals surface area contributed by atoms with Crippen LogP contribution in [0.25, 0.3) is 0 Å². The minimum Gasteiger partial charge on any atom is -0.452 e. The maximum absolute atomic E-state index is 12.2. The summed E-state index contributed by atoms with van der Waals surface area (Å²) in [6.07, 6.45) is 0. The van der Waals surface area contributed by atoms with Crippen molar-refractivity contribution in [3.63, 3.8) is 0 Å². The summed E-state index contributed by atoms with van der Waals surface area (Å²) < 4.78 is 30.3. The molecule has 0 radical (unpaired) electrons. The highest BCUT2D eigenvalue weighted by molar-refractivity contribution is 7.89. The van der Waals surface area contributed by atoms with Crippen LogP contribution >= 0.6 is 34.8 Å². The lowest BCUT2D eigenvalue weighted by Gasteiger charge is -2.13. The number of anilines is 1. The largest absolute Gasteiger partial charge is 0.452 e. The van der Waals surface area contributed by atoms with Crippen molar-refractivity contribution in [3.05, 3.63) is 57.0 Å². The Kier molecular flexibility index (Phi) is 7.30. The highest BCUT2D eigenvalue weighted by Gasteiger charge is 2.22. The number of halogens is 3. The molecule has 0 heterocycles. The summed E-state index contributed by atoms with van der Waals surface area (Å²) in [5.74, 6) is -1.59. The maximum atomic E-state index is 12.2. The molecule has 28 heavy (non-hydrogen) atoms. The molecule has 0 spiro atoms. The van der Waals surface area contributed by atoms with Crippen molar-refractivity contribution >= 4 is 62.4 Å². The van der Waals surface area contributed by atoms with Gasteiger partial charge in [-0.25, -0.2) is 17.5 Å². The first-order valence-corrected chi connectivity index (χ1v) is 10.2. The molecule has 0 aromatic heterocycles. The van der Waals surface area contributed by atoms with Crippen LogP contribution in [-0.2, 0) is 19.6 Å². The molecule has 2 aromatic carbocycles. The Morgan fingerprint density at radius 3 is 2.32 bits per heavy atom. The molecular weight excluding hydrogens is 451 g/mol. The minimum absolute atomic E-state index is 0.0103. The zero-order valence-corrected chi connectivity index (χ0v) is 17.8. The zero-order chi connectivity index (χ0) is 21.1. The van der Waals surface area contributed by atoms with Crippen molar-refractivity contribution in [3.8, 4) is 0 Å². The molecule has 2 rings (SSSR count). The number of hydrogen-bond donors (Lipinski definition) is 1. The molecular formula is C17H15Cl3N2O5S. The molecule has 0 aliphatic heterocycles. The monoisotopic (exact) mass is 464 g/mol. The quantitative estimate of drug-likeness (QED) is 0.657. The van der Waals surface area contributed by atoms with Crippen LogP contribution in [0, 0.1) is 0 Å². The van der Waals surface area contributed by atoms with Crippen molar-refractivity contribution < 1.29 is 22.7 Å². The summed E-state index contributed by atoms with van der Waals surface area (Å²) in [6, 6.07) is 8.10. The molecule has 1 N–H and O–H groups in total. The topological polar surface area (TPSA) is 92.8 Å². The molecule has 0 unspecified atom stereocenters. The Balaban J connectivity index is 2.09. The van der Waals surface area contributed by atoms with Crippen LogP contribution < -0.4 is 5.32 Å². The number of hydrogen-bond acceptors (Lipinski definition) is 5. The van der Waals surface area contributed by atoms with Gasteiger partial charge in [-0.15, -0.1) is 0 Å². The van der Waals surface area contributed by atoms with E-state index in [2.05, 4.69) is 5.32 Å². The number of esters is 1. The first-order chi connectivity index (χ1) is 13.0. The fourth-order valence-electron chi connectivity index (χ4n) is 2.02. The maximum Gasteiger partial charge on any atom is 0.340 e. The highest BCUT2D eigenvalue weighted by Crippen LogP contribution is 2.25. The van der Waals surface area contributed by atoms with Gasteiger partial charge in [0.15, 0.2) is 6.61 Å². The van der Waals surface area contributed by atoms with E-state index in [0.29, 0.717) is 10.7 Å². The summed E-state index contributed by atoms with van der Waals surface area (Å²) in [5, 5.41) is 3.08. The Morgan fingerprint density at radius 1 is 1.04 bits per heavy atom. The average Bonchev–Trinajstić information content (AvgIpc) is 2.62. The van der Waals surface area contributed by atoms with Gasteiger partial charge in [-0.05, 0) is 36.4 Å². The number of amides is 1. The third kappa shape index (κ3) is 5.36. The second-order valence-corrected chi connectivity index (χ2v) is 9.08. The molecule has 0 aliphatic carbocycles. The fourth-order valence-corrected chi connectivity index (χ4v) is 3.60. The molecule has 0 saturated carbocycles. The van der Waals surface area contributed by atoms with Crippen molar-refractivity contribution in [1.82, 2.24) is 4.31 Å². The molecule has 150 valence electrons. The molecule has 0 saturated heterocycles. The molecule has 0 bridgehead atoms. The van der Waals surface area contributed by atoms with Gasteiger partial charge < -0.3 is 10.1 Å². The normalized spacial score (nSPS) is 11.4. The molecule has 0 aliphatic rings. The van der Waals surface area contributed by atoms with E-state index in [1.807, 2.05) is 0 Å². The van der Waals surface area contributed by atoms with E-state index in [0.717, 1.165) is 10.4 Å². The van der Waals surface area contributed by atoms with E-state index in [9.17, 15) is 18.0 Å². The van der Waals surface area contributed by atoms with Crippen molar-refractivity contribution in [2.75, 3.05) is 26.0 Å². The zero-order valence-electron chi connectivity index (χ0n) is 14.7. The molecule has 7 nitrogen and oxygen atoms in total. The molecule has 0 fully saturated rings. The second kappa shape index (κ2) is 9.11. The molecule has 2 aromatic rings. The van der Waals surface area contributed by atoms with Crippen LogP contribution in [0.5, 0.6) is 0 Å². The smallest absolute Gasteiger partial charge is 0.340 e. The van der Waals surface area contributed by atoms with Crippen LogP contribution in [0.15, 0.2) is 41.3 Å². The summed E-state index contributed by atoms with van der Waals surface area (Å²) in [7, 11) is -1.06. The van der Waals surface area contributed by atoms with Gasteiger partial charge in [-0.3, -0.25) is 4.79 Å². The SMILES string of the molecule is CN(C)S(=O)(=O)c1ccc(Cl)c(C(=O)OCC(=O)Nc2ccc(Cl)cc2Cl)c1. The summed E-state index contributed by atoms with van der Waals surface area (Å²) in [4.78, 5) is 24.1. The number of benzene rings is 2. The average molecular weight is 466 g/mol. The Bertz CT molecular complexity index is 1030. The third-order valence-electron chi connectivity index (χ3n) is 3.48. The van der Waals surface area contributed by atoms with E-state index in [-0.39, 0.29) is 20.5 Å². The van der Waals surface area contributed by atoms with Gasteiger partial charge in [0.1, 0.15) is 0 Å². The Hall–Kier alpha value is -1.84. The minimum atomic E-state index is -3.77. The lowest BCUT2D eigenvalue weighted by Crippen LogP contribution is -2.23. The van der Waals surface area contributed by atoms with Crippen LogP contribution in [0.3, 0.4) is 0 Å². The number of nitrogens with one attached hydrogen (secondary N) is 1. The van der Waals surface area contributed by atoms with Crippen molar-refractivity contribution in [2.24, 2.45) is 0 Å². The second-order valence-electron chi connectivity index (χ2n) is 5.68. The van der Waals surface area contributed by atoms with Gasteiger partial charge in [0.05, 0.1) is 26.2 Å². The van der Waals surface area contributed by atoms with Gasteiger partial charge >= 0.3 is 5.97 Å². The number of carbonyl (C=O) groups is 2. The fraction of sp³-hybridized carbons (Fsp3) is 0.176. The predicted octanol–water partition coefficient (Wildman–Crippen LogP) is 3.69. The first kappa shape index (κ1) is 22.4. The Labute approximate surface area is 177 Å². The van der Waals surface area contributed by atoms with E-state index in [4.69, 9.17) is 39.5 Å². The third-order valence-corrected chi connectivity index (χ3v) is 6.16. The number of nitrogens with zero attached hydrogens (tertiary/aromatic N) is 1. The van der Waals surface area contributed by atoms with E-state index in [1.54, 1.807) is 0 Å². The molecule has 0 atom stereocenters. The summed E-state index contributed by atoms with van der Waals surface area (Å²) >= 11 is 17.7. The lowest BCUT2D eigenvalue weighted by atomic mass is 10.2. The van der Waals surface area contributed by atoms with Gasteiger partial charge in [-0.1, -0.05) is 34.8 Å². The van der Waals surface area contributed by atoms with E-state index >= 15 is 0 Å². The van der Waals surface area contributed by atoms with Crippen molar-refractivity contribution in [1.29, 1.82) is 0 Å². The predicted molar refractivity (Wildman–Crippen MR) is 108 cm³/mol. The Morgan fingerprint density at radius 2 is 1.71 bits per heavy atom. The number of sulfonamides is 1. The van der Waals surface area contributed by atoms with E-state index in [1.165, 1.54) is 44.4 Å². The number of carbonyl (C=O) groups excluding carboxylic acids is 2. The van der Waals surface area contributed by atoms with Gasteiger partial charge in [0.2, 0.25) is 10.0 Å². The van der Waals surface area contributed by atoms with E-state index < -0.39 is 28.5 Å². The van der Waals surface area contributed by atoms with Crippen LogP contribution in [0.1, 0.15) is 10.4 Å². The highest BCUT2D eigenvalue weighted by atomic mass is 35.5. The van der Waals surface area contributed by atoms with Crippen LogP contribution in [0.2, 0.25) is 15.1 Å². The summed E-state index contributed by atoms with van der Waals surface area (Å²) in [5.41, 5.74) is 0.117. The van der Waals surface area contributed by atoms with Gasteiger partial charge in [0, 0.05) is 19.1 Å². The van der Waals surface area contributed by atoms with Crippen molar-refractivity contribution in [2.45, 2.75) is 4.90 Å². The van der Waals surface area contributed by atoms with Crippen LogP contribution in [0.4, 0.5) is 5.69 Å². The van der Waals surface area contributed by atoms with Gasteiger partial charge in [-0.2, -0.15) is 0 Å². The van der Waals surface area contributed by atoms with Gasteiger partial charge in [0.25, 0.3) is 5.91 Å². The van der Waals surface area contributed by atoms with Crippen LogP contribution in [-0.4, -0.2) is 45.3 Å². The molecule has 11 heteroatoms. The first-order valence-electron chi connectivity index (χ1n) is 7.66. The number of ether oxygens (including phenoxy) is 1.